The van der Waals surface area contributed by atoms with Crippen molar-refractivity contribution in [2.24, 2.45) is 11.8 Å². The molecule has 0 spiro atoms. The van der Waals surface area contributed by atoms with Crippen molar-refractivity contribution in [3.05, 3.63) is 59.2 Å². The molecule has 0 unspecified atom stereocenters. The van der Waals surface area contributed by atoms with E-state index in [4.69, 9.17) is 0 Å². The van der Waals surface area contributed by atoms with Gasteiger partial charge in [-0.2, -0.15) is 26.3 Å². The van der Waals surface area contributed by atoms with Crippen molar-refractivity contribution in [2.75, 3.05) is 13.1 Å². The van der Waals surface area contributed by atoms with Gasteiger partial charge in [-0.05, 0) is 84.4 Å². The van der Waals surface area contributed by atoms with Crippen molar-refractivity contribution in [1.82, 2.24) is 4.90 Å². The monoisotopic (exact) mass is 557 g/mol. The SMILES string of the molecule is CC(C)CCN1C[C@H](c2cc(-c3ccc(C(F)(F)F)cc3)cc([C@@H](CC(C)C)C(=O)O)c2)CC[C@@H]1C(F)(F)F. The van der Waals surface area contributed by atoms with Crippen LogP contribution in [0.3, 0.4) is 0 Å². The summed E-state index contributed by atoms with van der Waals surface area (Å²) in [6, 6.07) is 8.37. The smallest absolute Gasteiger partial charge is 0.416 e. The average Bonchev–Trinajstić information content (AvgIpc) is 2.84. The number of alkyl halides is 6. The summed E-state index contributed by atoms with van der Waals surface area (Å²) < 4.78 is 80.9. The van der Waals surface area contributed by atoms with Gasteiger partial charge in [0.1, 0.15) is 6.04 Å². The lowest BCUT2D eigenvalue weighted by Gasteiger charge is -2.41. The van der Waals surface area contributed by atoms with E-state index in [2.05, 4.69) is 0 Å². The number of carboxylic acid groups (broad SMARTS) is 1. The Hall–Kier alpha value is -2.55. The Bertz CT molecular complexity index is 1110. The Morgan fingerprint density at radius 3 is 2.08 bits per heavy atom. The van der Waals surface area contributed by atoms with Crippen LogP contribution in [-0.4, -0.2) is 41.3 Å². The highest BCUT2D eigenvalue weighted by atomic mass is 19.4. The Balaban J connectivity index is 2.05. The molecule has 9 heteroatoms. The molecule has 3 atom stereocenters. The summed E-state index contributed by atoms with van der Waals surface area (Å²) in [7, 11) is 0. The van der Waals surface area contributed by atoms with Gasteiger partial charge in [0, 0.05) is 6.54 Å². The number of hydrogen-bond acceptors (Lipinski definition) is 2. The van der Waals surface area contributed by atoms with E-state index in [1.54, 1.807) is 18.2 Å². The number of nitrogens with zero attached hydrogens (tertiary/aromatic N) is 1. The zero-order chi connectivity index (χ0) is 29.1. The third-order valence-electron chi connectivity index (χ3n) is 7.46. The molecule has 1 heterocycles. The first-order chi connectivity index (χ1) is 18.1. The Labute approximate surface area is 226 Å². The van der Waals surface area contributed by atoms with E-state index in [0.717, 1.165) is 12.1 Å². The van der Waals surface area contributed by atoms with E-state index in [9.17, 15) is 36.2 Å². The highest BCUT2D eigenvalue weighted by Gasteiger charge is 2.46. The quantitative estimate of drug-likeness (QED) is 0.314. The van der Waals surface area contributed by atoms with Gasteiger partial charge in [-0.3, -0.25) is 9.69 Å². The first kappa shape index (κ1) is 31.0. The van der Waals surface area contributed by atoms with Gasteiger partial charge >= 0.3 is 18.3 Å². The number of halogens is 6. The minimum atomic E-state index is -4.49. The van der Waals surface area contributed by atoms with Gasteiger partial charge in [-0.15, -0.1) is 0 Å². The first-order valence-corrected chi connectivity index (χ1v) is 13.4. The summed E-state index contributed by atoms with van der Waals surface area (Å²) in [5.74, 6) is -1.82. The Morgan fingerprint density at radius 1 is 0.923 bits per heavy atom. The minimum absolute atomic E-state index is 0.0676. The molecule has 0 radical (unpaired) electrons. The number of carbonyl (C=O) groups is 1. The van der Waals surface area contributed by atoms with E-state index >= 15 is 0 Å². The largest absolute Gasteiger partial charge is 0.481 e. The molecule has 1 aliphatic heterocycles. The Kier molecular flexibility index (Phi) is 9.78. The van der Waals surface area contributed by atoms with Crippen LogP contribution >= 0.6 is 0 Å². The summed E-state index contributed by atoms with van der Waals surface area (Å²) in [5.41, 5.74) is 1.47. The normalized spacial score (nSPS) is 20.0. The summed E-state index contributed by atoms with van der Waals surface area (Å²) in [6.45, 7) is 8.21. The summed E-state index contributed by atoms with van der Waals surface area (Å²) in [6.07, 6.45) is -7.66. The van der Waals surface area contributed by atoms with E-state index < -0.39 is 35.8 Å². The fourth-order valence-corrected chi connectivity index (χ4v) is 5.34. The van der Waals surface area contributed by atoms with Crippen LogP contribution in [0.4, 0.5) is 26.3 Å². The van der Waals surface area contributed by atoms with Gasteiger partial charge in [0.25, 0.3) is 0 Å². The molecule has 0 bridgehead atoms. The number of piperidine rings is 1. The molecule has 0 saturated carbocycles. The standard InChI is InChI=1S/C30H37F6NO2/c1-18(2)11-12-37-17-21(7-10-27(37)30(34,35)36)23-14-22(20-5-8-25(9-6-20)29(31,32)33)15-24(16-23)26(28(38)39)13-19(3)4/h5-6,8-9,14-16,18-19,21,26-27H,7,10-13,17H2,1-4H3,(H,38,39)/t21-,26-,27-/m1/s1. The van der Waals surface area contributed by atoms with Gasteiger partial charge in [-0.1, -0.05) is 58.0 Å². The van der Waals surface area contributed by atoms with Crippen molar-refractivity contribution >= 4 is 5.97 Å². The zero-order valence-corrected chi connectivity index (χ0v) is 22.7. The highest BCUT2D eigenvalue weighted by molar-refractivity contribution is 5.77. The van der Waals surface area contributed by atoms with Gasteiger partial charge in [0.2, 0.25) is 0 Å². The molecular weight excluding hydrogens is 520 g/mol. The molecule has 1 N–H and O–H groups in total. The number of rotatable bonds is 9. The predicted octanol–water partition coefficient (Wildman–Crippen LogP) is 8.74. The molecule has 0 aliphatic carbocycles. The molecule has 1 saturated heterocycles. The van der Waals surface area contributed by atoms with E-state index in [1.807, 2.05) is 27.7 Å². The molecular formula is C30H37F6NO2. The highest BCUT2D eigenvalue weighted by Crippen LogP contribution is 2.40. The molecule has 2 aromatic rings. The topological polar surface area (TPSA) is 40.5 Å². The molecule has 1 fully saturated rings. The van der Waals surface area contributed by atoms with E-state index in [1.165, 1.54) is 17.0 Å². The third-order valence-corrected chi connectivity index (χ3v) is 7.46. The van der Waals surface area contributed by atoms with Gasteiger partial charge in [0.05, 0.1) is 11.5 Å². The fourth-order valence-electron chi connectivity index (χ4n) is 5.34. The summed E-state index contributed by atoms with van der Waals surface area (Å²) in [5, 5.41) is 9.99. The third kappa shape index (κ3) is 8.22. The zero-order valence-electron chi connectivity index (χ0n) is 22.7. The van der Waals surface area contributed by atoms with Crippen molar-refractivity contribution in [1.29, 1.82) is 0 Å². The van der Waals surface area contributed by atoms with Gasteiger partial charge < -0.3 is 5.11 Å². The van der Waals surface area contributed by atoms with Gasteiger partial charge in [-0.25, -0.2) is 0 Å². The molecule has 0 aromatic heterocycles. The van der Waals surface area contributed by atoms with Crippen molar-refractivity contribution in [2.45, 2.75) is 83.6 Å². The van der Waals surface area contributed by atoms with Crippen LogP contribution < -0.4 is 0 Å². The number of benzene rings is 2. The second-order valence-electron chi connectivity index (χ2n) is 11.5. The van der Waals surface area contributed by atoms with Gasteiger partial charge in [0.15, 0.2) is 0 Å². The van der Waals surface area contributed by atoms with Crippen LogP contribution in [0.2, 0.25) is 0 Å². The lowest BCUT2D eigenvalue weighted by Crippen LogP contribution is -2.51. The molecule has 39 heavy (non-hydrogen) atoms. The minimum Gasteiger partial charge on any atom is -0.481 e. The summed E-state index contributed by atoms with van der Waals surface area (Å²) in [4.78, 5) is 13.7. The van der Waals surface area contributed by atoms with Crippen LogP contribution in [-0.2, 0) is 11.0 Å². The number of carboxylic acids is 1. The van der Waals surface area contributed by atoms with E-state index in [-0.39, 0.29) is 37.1 Å². The number of hydrogen-bond donors (Lipinski definition) is 1. The van der Waals surface area contributed by atoms with Crippen molar-refractivity contribution in [3.63, 3.8) is 0 Å². The molecule has 2 aromatic carbocycles. The van der Waals surface area contributed by atoms with Crippen LogP contribution in [0.1, 0.15) is 81.9 Å². The second-order valence-corrected chi connectivity index (χ2v) is 11.5. The fraction of sp³-hybridized carbons (Fsp3) is 0.567. The average molecular weight is 558 g/mol. The second kappa shape index (κ2) is 12.3. The van der Waals surface area contributed by atoms with Crippen LogP contribution in [0.25, 0.3) is 11.1 Å². The first-order valence-electron chi connectivity index (χ1n) is 13.4. The number of aliphatic carboxylic acids is 1. The molecule has 216 valence electrons. The summed E-state index contributed by atoms with van der Waals surface area (Å²) >= 11 is 0. The van der Waals surface area contributed by atoms with Crippen molar-refractivity contribution in [3.8, 4) is 11.1 Å². The molecule has 1 aliphatic rings. The maximum Gasteiger partial charge on any atom is 0.416 e. The lowest BCUT2D eigenvalue weighted by atomic mass is 9.81. The maximum absolute atomic E-state index is 13.8. The lowest BCUT2D eigenvalue weighted by molar-refractivity contribution is -0.192. The predicted molar refractivity (Wildman–Crippen MR) is 140 cm³/mol. The van der Waals surface area contributed by atoms with Crippen molar-refractivity contribution < 1.29 is 36.2 Å². The van der Waals surface area contributed by atoms with Crippen LogP contribution in [0, 0.1) is 11.8 Å². The number of likely N-dealkylation sites (tertiary alicyclic amines) is 1. The van der Waals surface area contributed by atoms with Crippen LogP contribution in [0.5, 0.6) is 0 Å². The molecule has 3 nitrogen and oxygen atoms in total. The molecule has 3 rings (SSSR count). The molecule has 0 amide bonds. The van der Waals surface area contributed by atoms with E-state index in [0.29, 0.717) is 41.6 Å². The maximum atomic E-state index is 13.8. The van der Waals surface area contributed by atoms with Crippen LogP contribution in [0.15, 0.2) is 42.5 Å². The Morgan fingerprint density at radius 2 is 1.56 bits per heavy atom.